The Balaban J connectivity index is 1.50. The normalized spacial score (nSPS) is 14.1. The second kappa shape index (κ2) is 13.2. The third-order valence-corrected chi connectivity index (χ3v) is 7.66. The molecule has 0 unspecified atom stereocenters. The number of carbonyl (C=O) groups is 1. The van der Waals surface area contributed by atoms with Crippen molar-refractivity contribution in [2.75, 3.05) is 5.32 Å². The second-order valence-corrected chi connectivity index (χ2v) is 12.2. The van der Waals surface area contributed by atoms with Gasteiger partial charge in [0.05, 0.1) is 11.1 Å². The summed E-state index contributed by atoms with van der Waals surface area (Å²) in [5, 5.41) is 3.68. The van der Waals surface area contributed by atoms with Gasteiger partial charge < -0.3 is 14.6 Å². The van der Waals surface area contributed by atoms with Crippen LogP contribution in [-0.4, -0.2) is 33.2 Å². The summed E-state index contributed by atoms with van der Waals surface area (Å²) < 4.78 is 7.83. The van der Waals surface area contributed by atoms with E-state index in [1.165, 1.54) is 19.3 Å². The number of ether oxygens (including phenoxy) is 1. The zero-order chi connectivity index (χ0) is 30.4. The van der Waals surface area contributed by atoms with Crippen LogP contribution >= 0.6 is 0 Å². The lowest BCUT2D eigenvalue weighted by Crippen LogP contribution is -2.24. The van der Waals surface area contributed by atoms with Gasteiger partial charge in [0, 0.05) is 18.3 Å². The van der Waals surface area contributed by atoms with E-state index in [-0.39, 0.29) is 5.97 Å². The molecular weight excluding hydrogens is 536 g/mol. The molecule has 4 aromatic rings. The van der Waals surface area contributed by atoms with E-state index in [9.17, 15) is 9.59 Å². The van der Waals surface area contributed by atoms with Gasteiger partial charge in [0.2, 0.25) is 6.08 Å². The van der Waals surface area contributed by atoms with Crippen LogP contribution in [0.3, 0.4) is 0 Å². The number of rotatable bonds is 9. The van der Waals surface area contributed by atoms with Gasteiger partial charge in [-0.05, 0) is 81.0 Å². The zero-order valence-electron chi connectivity index (χ0n) is 25.5. The average molecular weight is 577 g/mol. The maximum Gasteiger partial charge on any atom is 0.339 e. The summed E-state index contributed by atoms with van der Waals surface area (Å²) in [6.07, 6.45) is 12.7. The van der Waals surface area contributed by atoms with Crippen LogP contribution in [0.25, 0.3) is 28.2 Å². The number of aromatic nitrogens is 2. The monoisotopic (exact) mass is 576 g/mol. The molecule has 0 radical (unpaired) electrons. The lowest BCUT2D eigenvalue weighted by atomic mass is 9.95. The maximum atomic E-state index is 12.9. The topological polar surface area (TPSA) is 85.6 Å². The number of isocyanates is 1. The maximum absolute atomic E-state index is 12.9. The molecule has 1 fully saturated rings. The summed E-state index contributed by atoms with van der Waals surface area (Å²) in [4.78, 5) is 33.2. The summed E-state index contributed by atoms with van der Waals surface area (Å²) in [5.74, 6) is 0.462. The highest BCUT2D eigenvalue weighted by atomic mass is 16.6. The van der Waals surface area contributed by atoms with Gasteiger partial charge in [0.1, 0.15) is 22.6 Å². The lowest BCUT2D eigenvalue weighted by molar-refractivity contribution is 0.00704. The van der Waals surface area contributed by atoms with E-state index in [1.54, 1.807) is 12.1 Å². The largest absolute Gasteiger partial charge is 0.456 e. The number of esters is 1. The SMILES string of the molecule is CC/C=C/c1nc2c(N=C=O)cc(NC3CCCCC3)cc2n1Cc1ccc(-c2ccccc2C(=O)OC(C)(C)C)cc1. The van der Waals surface area contributed by atoms with Crippen LogP contribution in [0.4, 0.5) is 11.4 Å². The molecule has 7 nitrogen and oxygen atoms in total. The van der Waals surface area contributed by atoms with Crippen molar-refractivity contribution in [2.45, 2.75) is 84.4 Å². The number of anilines is 1. The van der Waals surface area contributed by atoms with Crippen LogP contribution in [0.2, 0.25) is 0 Å². The first-order valence-corrected chi connectivity index (χ1v) is 15.2. The highest BCUT2D eigenvalue weighted by Gasteiger charge is 2.21. The number of fused-ring (bicyclic) bond motifs is 1. The molecule has 1 aliphatic carbocycles. The number of nitrogens with zero attached hydrogens (tertiary/aromatic N) is 3. The number of hydrogen-bond acceptors (Lipinski definition) is 6. The zero-order valence-corrected chi connectivity index (χ0v) is 25.5. The molecule has 7 heteroatoms. The fraction of sp³-hybridized carbons (Fsp3) is 0.361. The van der Waals surface area contributed by atoms with Crippen molar-refractivity contribution in [2.24, 2.45) is 4.99 Å². The van der Waals surface area contributed by atoms with E-state index in [0.717, 1.165) is 53.0 Å². The van der Waals surface area contributed by atoms with Crippen molar-refractivity contribution in [1.82, 2.24) is 9.55 Å². The van der Waals surface area contributed by atoms with E-state index in [4.69, 9.17) is 9.72 Å². The number of imidazole rings is 1. The molecule has 43 heavy (non-hydrogen) atoms. The lowest BCUT2D eigenvalue weighted by Gasteiger charge is -2.24. The molecule has 0 saturated heterocycles. The molecule has 3 aromatic carbocycles. The molecule has 1 heterocycles. The minimum Gasteiger partial charge on any atom is -0.456 e. The Morgan fingerprint density at radius 3 is 2.53 bits per heavy atom. The number of allylic oxidation sites excluding steroid dienone is 1. The first kappa shape index (κ1) is 30.0. The molecule has 222 valence electrons. The number of carbonyl (C=O) groups excluding carboxylic acids is 2. The first-order chi connectivity index (χ1) is 20.8. The molecule has 1 aliphatic rings. The fourth-order valence-corrected chi connectivity index (χ4v) is 5.66. The Morgan fingerprint density at radius 1 is 1.09 bits per heavy atom. The van der Waals surface area contributed by atoms with Gasteiger partial charge >= 0.3 is 5.97 Å². The summed E-state index contributed by atoms with van der Waals surface area (Å²) in [7, 11) is 0. The minimum absolute atomic E-state index is 0.337. The van der Waals surface area contributed by atoms with Gasteiger partial charge in [-0.3, -0.25) is 0 Å². The van der Waals surface area contributed by atoms with Crippen molar-refractivity contribution in [3.63, 3.8) is 0 Å². The highest BCUT2D eigenvalue weighted by molar-refractivity contribution is 5.97. The van der Waals surface area contributed by atoms with Crippen LogP contribution in [0, 0.1) is 0 Å². The molecule has 0 spiro atoms. The van der Waals surface area contributed by atoms with Crippen molar-refractivity contribution in [1.29, 1.82) is 0 Å². The Hall–Kier alpha value is -4.48. The predicted molar refractivity (Wildman–Crippen MR) is 173 cm³/mol. The molecule has 1 N–H and O–H groups in total. The van der Waals surface area contributed by atoms with Crippen molar-refractivity contribution in [3.05, 3.63) is 83.7 Å². The number of benzene rings is 3. The van der Waals surface area contributed by atoms with Gasteiger partial charge in [0.15, 0.2) is 0 Å². The number of nitrogens with one attached hydrogen (secondary N) is 1. The van der Waals surface area contributed by atoms with Crippen molar-refractivity contribution in [3.8, 4) is 11.1 Å². The standard InChI is InChI=1S/C36H40N4O3/c1-5-6-16-33-39-34-31(37-24-41)21-28(38-27-12-8-7-9-13-27)22-32(34)40(33)23-25-17-19-26(20-18-25)29-14-10-11-15-30(29)35(42)43-36(2,3)4/h6,10-11,14-22,27,38H,5,7-9,12-13,23H2,1-4H3/b16-6+. The molecule has 0 amide bonds. The Kier molecular flexibility index (Phi) is 9.22. The molecule has 0 bridgehead atoms. The van der Waals surface area contributed by atoms with Crippen LogP contribution in [-0.2, 0) is 16.1 Å². The Bertz CT molecular complexity index is 1670. The van der Waals surface area contributed by atoms with Crippen molar-refractivity contribution >= 4 is 40.5 Å². The smallest absolute Gasteiger partial charge is 0.339 e. The second-order valence-electron chi connectivity index (χ2n) is 12.2. The van der Waals surface area contributed by atoms with Gasteiger partial charge in [-0.2, -0.15) is 4.99 Å². The molecule has 0 aliphatic heterocycles. The van der Waals surface area contributed by atoms with Gasteiger partial charge in [-0.25, -0.2) is 14.6 Å². The van der Waals surface area contributed by atoms with Crippen molar-refractivity contribution < 1.29 is 14.3 Å². The number of hydrogen-bond donors (Lipinski definition) is 1. The Labute approximate surface area is 253 Å². The van der Waals surface area contributed by atoms with Crippen LogP contribution in [0.5, 0.6) is 0 Å². The van der Waals surface area contributed by atoms with Crippen LogP contribution in [0.15, 0.2) is 71.7 Å². The van der Waals surface area contributed by atoms with E-state index in [1.807, 2.05) is 63.2 Å². The van der Waals surface area contributed by atoms with E-state index in [2.05, 4.69) is 46.1 Å². The van der Waals surface area contributed by atoms with Gasteiger partial charge in [-0.15, -0.1) is 0 Å². The summed E-state index contributed by atoms with van der Waals surface area (Å²) in [6.45, 7) is 8.27. The van der Waals surface area contributed by atoms with E-state index < -0.39 is 5.60 Å². The van der Waals surface area contributed by atoms with E-state index >= 15 is 0 Å². The van der Waals surface area contributed by atoms with Crippen LogP contribution in [0.1, 0.15) is 88.0 Å². The summed E-state index contributed by atoms with van der Waals surface area (Å²) >= 11 is 0. The summed E-state index contributed by atoms with van der Waals surface area (Å²) in [5.41, 5.74) is 5.86. The van der Waals surface area contributed by atoms with Crippen LogP contribution < -0.4 is 5.32 Å². The highest BCUT2D eigenvalue weighted by Crippen LogP contribution is 2.34. The molecule has 1 aromatic heterocycles. The fourth-order valence-electron chi connectivity index (χ4n) is 5.66. The number of aliphatic imine (C=N–C) groups is 1. The molecule has 0 atom stereocenters. The minimum atomic E-state index is -0.575. The molecular formula is C36H40N4O3. The molecule has 1 saturated carbocycles. The molecule has 5 rings (SSSR count). The summed E-state index contributed by atoms with van der Waals surface area (Å²) in [6, 6.07) is 20.2. The Morgan fingerprint density at radius 2 is 1.84 bits per heavy atom. The third-order valence-electron chi connectivity index (χ3n) is 7.66. The van der Waals surface area contributed by atoms with Gasteiger partial charge in [0.25, 0.3) is 0 Å². The predicted octanol–water partition coefficient (Wildman–Crippen LogP) is 8.84. The van der Waals surface area contributed by atoms with E-state index in [0.29, 0.717) is 29.4 Å². The van der Waals surface area contributed by atoms with Gasteiger partial charge in [-0.1, -0.05) is 74.7 Å². The quantitative estimate of drug-likeness (QED) is 0.122. The first-order valence-electron chi connectivity index (χ1n) is 15.2. The average Bonchev–Trinajstić information content (AvgIpc) is 3.33. The third kappa shape index (κ3) is 7.30.